The molecule has 0 radical (unpaired) electrons. The summed E-state index contributed by atoms with van der Waals surface area (Å²) in [6.07, 6.45) is 2.70. The number of ether oxygens (including phenoxy) is 2. The van der Waals surface area contributed by atoms with Crippen molar-refractivity contribution in [2.75, 3.05) is 26.3 Å². The highest BCUT2D eigenvalue weighted by Crippen LogP contribution is 2.29. The van der Waals surface area contributed by atoms with Crippen molar-refractivity contribution in [1.29, 1.82) is 0 Å². The number of aromatic amines is 1. The normalized spacial score (nSPS) is 20.9. The molecule has 0 saturated carbocycles. The van der Waals surface area contributed by atoms with Gasteiger partial charge in [0.05, 0.1) is 31.3 Å². The highest BCUT2D eigenvalue weighted by Gasteiger charge is 2.32. The first kappa shape index (κ1) is 21.8. The second kappa shape index (κ2) is 8.96. The van der Waals surface area contributed by atoms with Crippen LogP contribution in [0.25, 0.3) is 11.8 Å². The molecule has 4 rings (SSSR count). The van der Waals surface area contributed by atoms with E-state index in [0.717, 1.165) is 5.56 Å². The first-order valence-electron chi connectivity index (χ1n) is 10.6. The summed E-state index contributed by atoms with van der Waals surface area (Å²) in [7, 11) is 0. The minimum atomic E-state index is -0.536. The van der Waals surface area contributed by atoms with Gasteiger partial charge in [-0.05, 0) is 17.1 Å². The van der Waals surface area contributed by atoms with Crippen LogP contribution in [0.1, 0.15) is 26.3 Å². The molecule has 1 saturated heterocycles. The van der Waals surface area contributed by atoms with Crippen LogP contribution < -0.4 is 26.3 Å². The van der Waals surface area contributed by atoms with Crippen LogP contribution in [0.3, 0.4) is 0 Å². The molecule has 2 aliphatic heterocycles. The van der Waals surface area contributed by atoms with E-state index in [1.807, 2.05) is 51.1 Å². The topological polar surface area (TPSA) is 109 Å². The molecule has 0 bridgehead atoms. The van der Waals surface area contributed by atoms with Crippen molar-refractivity contribution >= 4 is 24.2 Å². The lowest BCUT2D eigenvalue weighted by Crippen LogP contribution is -2.45. The SMILES string of the molecule is CC(C)(C)C1N=CN/C1=c1/[nH]c(=O)/c(=C/c2ccccc2)nc1OC(=O)N1CCOCC1. The maximum Gasteiger partial charge on any atom is 0.416 e. The van der Waals surface area contributed by atoms with Crippen molar-refractivity contribution in [3.05, 3.63) is 56.9 Å². The maximum absolute atomic E-state index is 12.9. The molecule has 1 fully saturated rings. The Morgan fingerprint density at radius 2 is 1.94 bits per heavy atom. The number of nitrogens with one attached hydrogen (secondary N) is 2. The molecule has 3 heterocycles. The lowest BCUT2D eigenvalue weighted by Gasteiger charge is -2.26. The van der Waals surface area contributed by atoms with Crippen LogP contribution in [0.15, 0.2) is 40.1 Å². The van der Waals surface area contributed by atoms with Gasteiger partial charge in [0.2, 0.25) is 0 Å². The zero-order chi connectivity index (χ0) is 22.7. The summed E-state index contributed by atoms with van der Waals surface area (Å²) in [4.78, 5) is 39.1. The molecule has 32 heavy (non-hydrogen) atoms. The lowest BCUT2D eigenvalue weighted by molar-refractivity contribution is 0.0410. The number of morpholine rings is 1. The molecule has 9 heteroatoms. The molecule has 168 valence electrons. The molecule has 2 aliphatic rings. The van der Waals surface area contributed by atoms with Gasteiger partial charge in [0.15, 0.2) is 0 Å². The Kier molecular flexibility index (Phi) is 6.09. The summed E-state index contributed by atoms with van der Waals surface area (Å²) in [5.74, 6) is 0.0329. The summed E-state index contributed by atoms with van der Waals surface area (Å²) in [5, 5.41) is 3.57. The first-order chi connectivity index (χ1) is 15.3. The monoisotopic (exact) mass is 437 g/mol. The van der Waals surface area contributed by atoms with Crippen LogP contribution in [0.5, 0.6) is 5.88 Å². The third kappa shape index (κ3) is 4.72. The van der Waals surface area contributed by atoms with E-state index in [1.54, 1.807) is 17.3 Å². The molecule has 0 aliphatic carbocycles. The smallest absolute Gasteiger partial charge is 0.389 e. The second-order valence-corrected chi connectivity index (χ2v) is 8.76. The zero-order valence-electron chi connectivity index (χ0n) is 18.4. The van der Waals surface area contributed by atoms with E-state index in [1.165, 1.54) is 0 Å². The number of amides is 1. The first-order valence-corrected chi connectivity index (χ1v) is 10.6. The van der Waals surface area contributed by atoms with E-state index in [-0.39, 0.29) is 28.2 Å². The van der Waals surface area contributed by atoms with E-state index in [2.05, 4.69) is 20.3 Å². The number of carbonyl (C=O) groups is 1. The Hall–Kier alpha value is -3.46. The van der Waals surface area contributed by atoms with Crippen molar-refractivity contribution in [3.63, 3.8) is 0 Å². The third-order valence-corrected chi connectivity index (χ3v) is 5.27. The minimum absolute atomic E-state index is 0.0329. The molecule has 1 aromatic heterocycles. The number of benzene rings is 1. The van der Waals surface area contributed by atoms with E-state index in [9.17, 15) is 9.59 Å². The van der Waals surface area contributed by atoms with Crippen LogP contribution in [0.2, 0.25) is 0 Å². The predicted octanol–water partition coefficient (Wildman–Crippen LogP) is 0.584. The van der Waals surface area contributed by atoms with Gasteiger partial charge in [0, 0.05) is 13.1 Å². The molecule has 1 aromatic carbocycles. The highest BCUT2D eigenvalue weighted by molar-refractivity contribution is 5.76. The Labute approximate surface area is 185 Å². The number of hydrogen-bond acceptors (Lipinski definition) is 7. The van der Waals surface area contributed by atoms with E-state index < -0.39 is 6.09 Å². The molecular formula is C23H27N5O4. The van der Waals surface area contributed by atoms with E-state index in [4.69, 9.17) is 9.47 Å². The molecule has 9 nitrogen and oxygen atoms in total. The van der Waals surface area contributed by atoms with Crippen molar-refractivity contribution in [1.82, 2.24) is 20.2 Å². The quantitative estimate of drug-likeness (QED) is 0.712. The molecule has 2 N–H and O–H groups in total. The third-order valence-electron chi connectivity index (χ3n) is 5.27. The highest BCUT2D eigenvalue weighted by atomic mass is 16.6. The van der Waals surface area contributed by atoms with Gasteiger partial charge in [-0.1, -0.05) is 51.1 Å². The summed E-state index contributed by atoms with van der Waals surface area (Å²) in [5.41, 5.74) is 0.834. The number of H-pyrrole nitrogens is 1. The molecule has 2 aromatic rings. The largest absolute Gasteiger partial charge is 0.416 e. The van der Waals surface area contributed by atoms with Gasteiger partial charge < -0.3 is 24.7 Å². The number of aromatic nitrogens is 2. The minimum Gasteiger partial charge on any atom is -0.389 e. The fourth-order valence-corrected chi connectivity index (χ4v) is 3.60. The van der Waals surface area contributed by atoms with Crippen LogP contribution in [-0.2, 0) is 4.74 Å². The number of carbonyl (C=O) groups excluding carboxylic acids is 1. The van der Waals surface area contributed by atoms with Gasteiger partial charge in [0.1, 0.15) is 10.7 Å². The van der Waals surface area contributed by atoms with Gasteiger partial charge in [-0.2, -0.15) is 0 Å². The Morgan fingerprint density at radius 3 is 2.62 bits per heavy atom. The summed E-state index contributed by atoms with van der Waals surface area (Å²) >= 11 is 0. The number of aliphatic imine (C=N–C) groups is 1. The molecule has 1 amide bonds. The summed E-state index contributed by atoms with van der Waals surface area (Å²) < 4.78 is 11.0. The number of rotatable bonds is 2. The van der Waals surface area contributed by atoms with E-state index in [0.29, 0.717) is 37.3 Å². The predicted molar refractivity (Wildman–Crippen MR) is 121 cm³/mol. The molecule has 1 unspecified atom stereocenters. The summed E-state index contributed by atoms with van der Waals surface area (Å²) in [6.45, 7) is 7.91. The maximum atomic E-state index is 12.9. The van der Waals surface area contributed by atoms with Gasteiger partial charge >= 0.3 is 6.09 Å². The Morgan fingerprint density at radius 1 is 1.22 bits per heavy atom. The van der Waals surface area contributed by atoms with Gasteiger partial charge in [0.25, 0.3) is 11.4 Å². The zero-order valence-corrected chi connectivity index (χ0v) is 18.4. The van der Waals surface area contributed by atoms with Crippen molar-refractivity contribution in [2.45, 2.75) is 26.8 Å². The van der Waals surface area contributed by atoms with Crippen LogP contribution in [0.4, 0.5) is 4.79 Å². The number of hydrogen-bond donors (Lipinski definition) is 2. The Bertz CT molecular complexity index is 1190. The van der Waals surface area contributed by atoms with Crippen LogP contribution in [0, 0.1) is 5.41 Å². The summed E-state index contributed by atoms with van der Waals surface area (Å²) in [6, 6.07) is 9.11. The lowest BCUT2D eigenvalue weighted by atomic mass is 9.85. The average molecular weight is 438 g/mol. The van der Waals surface area contributed by atoms with Crippen molar-refractivity contribution in [2.24, 2.45) is 10.4 Å². The van der Waals surface area contributed by atoms with Gasteiger partial charge in [-0.25, -0.2) is 9.78 Å². The van der Waals surface area contributed by atoms with Crippen LogP contribution >= 0.6 is 0 Å². The Balaban J connectivity index is 1.85. The molecule has 0 spiro atoms. The van der Waals surface area contributed by atoms with E-state index >= 15 is 0 Å². The molecular weight excluding hydrogens is 410 g/mol. The second-order valence-electron chi connectivity index (χ2n) is 8.76. The fraction of sp³-hybridized carbons (Fsp3) is 0.391. The van der Waals surface area contributed by atoms with Gasteiger partial charge in [-0.15, -0.1) is 0 Å². The van der Waals surface area contributed by atoms with Crippen molar-refractivity contribution in [3.8, 4) is 5.88 Å². The van der Waals surface area contributed by atoms with Crippen LogP contribution in [-0.4, -0.2) is 59.6 Å². The van der Waals surface area contributed by atoms with Crippen molar-refractivity contribution < 1.29 is 14.3 Å². The molecule has 1 atom stereocenters. The standard InChI is InChI=1S/C23H27N5O4/c1-23(2,3)19-17(24-14-25-19)18-21(32-22(30)28-9-11-31-12-10-28)26-16(20(29)27-18)13-15-7-5-4-6-8-15/h4-8,13-14,19H,9-12H2,1-3H3,(H,24,25)(H,27,29)/b16-13-,18-17+. The average Bonchev–Trinajstić information content (AvgIpc) is 3.27. The van der Waals surface area contributed by atoms with Gasteiger partial charge in [-0.3, -0.25) is 9.79 Å². The fourth-order valence-electron chi connectivity index (χ4n) is 3.60. The number of nitrogens with zero attached hydrogens (tertiary/aromatic N) is 3.